The van der Waals surface area contributed by atoms with Crippen molar-refractivity contribution in [1.29, 1.82) is 0 Å². The zero-order valence-electron chi connectivity index (χ0n) is 10.6. The highest BCUT2D eigenvalue weighted by atomic mass is 35.5. The molecule has 0 radical (unpaired) electrons. The Morgan fingerprint density at radius 1 is 1.50 bits per heavy atom. The van der Waals surface area contributed by atoms with E-state index in [9.17, 15) is 9.18 Å². The minimum atomic E-state index is -0.461. The molecule has 0 aliphatic carbocycles. The third-order valence-corrected chi connectivity index (χ3v) is 2.47. The van der Waals surface area contributed by atoms with E-state index >= 15 is 0 Å². The van der Waals surface area contributed by atoms with E-state index in [0.29, 0.717) is 12.3 Å². The third-order valence-electron chi connectivity index (χ3n) is 2.47. The van der Waals surface area contributed by atoms with Crippen molar-refractivity contribution in [1.82, 2.24) is 10.6 Å². The molecule has 1 aromatic rings. The first-order valence-corrected chi connectivity index (χ1v) is 5.37. The van der Waals surface area contributed by atoms with Crippen LogP contribution >= 0.6 is 12.4 Å². The molecule has 1 unspecified atom stereocenters. The molecule has 4 nitrogen and oxygen atoms in total. The Balaban J connectivity index is 0.00000289. The molecule has 0 saturated carbocycles. The van der Waals surface area contributed by atoms with Crippen molar-refractivity contribution in [2.24, 2.45) is 0 Å². The summed E-state index contributed by atoms with van der Waals surface area (Å²) >= 11 is 0. The van der Waals surface area contributed by atoms with Gasteiger partial charge in [-0.05, 0) is 32.2 Å². The molecule has 102 valence electrons. The Labute approximate surface area is 112 Å². The molecule has 2 N–H and O–H groups in total. The summed E-state index contributed by atoms with van der Waals surface area (Å²) in [6.07, 6.45) is 0. The second kappa shape index (κ2) is 7.89. The predicted octanol–water partition coefficient (Wildman–Crippen LogP) is 1.59. The maximum Gasteiger partial charge on any atom is 0.255 e. The summed E-state index contributed by atoms with van der Waals surface area (Å²) in [7, 11) is 3.25. The van der Waals surface area contributed by atoms with E-state index in [4.69, 9.17) is 4.74 Å². The number of hydrogen-bond donors (Lipinski definition) is 2. The highest BCUT2D eigenvalue weighted by molar-refractivity contribution is 5.96. The lowest BCUT2D eigenvalue weighted by atomic mass is 10.1. The molecular formula is C12H18ClFN2O2. The van der Waals surface area contributed by atoms with Gasteiger partial charge in [-0.15, -0.1) is 12.4 Å². The fraction of sp³-hybridized carbons (Fsp3) is 0.417. The van der Waals surface area contributed by atoms with Crippen LogP contribution < -0.4 is 15.4 Å². The first kappa shape index (κ1) is 16.7. The number of nitrogens with one attached hydrogen (secondary N) is 2. The van der Waals surface area contributed by atoms with Gasteiger partial charge in [-0.25, -0.2) is 4.39 Å². The average Bonchev–Trinajstić information content (AvgIpc) is 2.35. The van der Waals surface area contributed by atoms with Crippen molar-refractivity contribution < 1.29 is 13.9 Å². The molecule has 0 heterocycles. The zero-order valence-corrected chi connectivity index (χ0v) is 11.4. The summed E-state index contributed by atoms with van der Waals surface area (Å²) in [6.45, 7) is 2.40. The number of rotatable bonds is 5. The standard InChI is InChI=1S/C12H17FN2O2.ClH/c1-8(14-2)7-15-12(16)10-6-9(13)4-5-11(10)17-3;/h4-6,8,14H,7H2,1-3H3,(H,15,16);1H. The van der Waals surface area contributed by atoms with E-state index in [1.807, 2.05) is 6.92 Å². The smallest absolute Gasteiger partial charge is 0.255 e. The molecule has 0 aliphatic rings. The van der Waals surface area contributed by atoms with Crippen LogP contribution in [0.4, 0.5) is 4.39 Å². The highest BCUT2D eigenvalue weighted by Gasteiger charge is 2.13. The SMILES string of the molecule is CNC(C)CNC(=O)c1cc(F)ccc1OC.Cl. The molecule has 0 fully saturated rings. The van der Waals surface area contributed by atoms with Crippen molar-refractivity contribution in [3.05, 3.63) is 29.6 Å². The van der Waals surface area contributed by atoms with Gasteiger partial charge in [0.2, 0.25) is 0 Å². The second-order valence-corrected chi connectivity index (χ2v) is 3.74. The maximum atomic E-state index is 13.1. The van der Waals surface area contributed by atoms with Gasteiger partial charge in [0.25, 0.3) is 5.91 Å². The van der Waals surface area contributed by atoms with Gasteiger partial charge in [-0.2, -0.15) is 0 Å². The molecule has 18 heavy (non-hydrogen) atoms. The van der Waals surface area contributed by atoms with Crippen LogP contribution in [-0.4, -0.2) is 32.7 Å². The quantitative estimate of drug-likeness (QED) is 0.859. The number of ether oxygens (including phenoxy) is 1. The fourth-order valence-corrected chi connectivity index (χ4v) is 1.30. The number of hydrogen-bond acceptors (Lipinski definition) is 3. The first-order chi connectivity index (χ1) is 8.08. The van der Waals surface area contributed by atoms with Gasteiger partial charge in [-0.3, -0.25) is 4.79 Å². The number of likely N-dealkylation sites (N-methyl/N-ethyl adjacent to an activating group) is 1. The Morgan fingerprint density at radius 3 is 2.72 bits per heavy atom. The topological polar surface area (TPSA) is 50.4 Å². The molecule has 0 aromatic heterocycles. The summed E-state index contributed by atoms with van der Waals surface area (Å²) in [5.74, 6) is -0.443. The Bertz CT molecular complexity index is 402. The molecule has 1 atom stereocenters. The summed E-state index contributed by atoms with van der Waals surface area (Å²) in [5, 5.41) is 5.70. The minimum Gasteiger partial charge on any atom is -0.496 e. The monoisotopic (exact) mass is 276 g/mol. The zero-order chi connectivity index (χ0) is 12.8. The van der Waals surface area contributed by atoms with Crippen LogP contribution in [0.5, 0.6) is 5.75 Å². The highest BCUT2D eigenvalue weighted by Crippen LogP contribution is 2.18. The number of benzene rings is 1. The molecule has 0 saturated heterocycles. The second-order valence-electron chi connectivity index (χ2n) is 3.74. The van der Waals surface area contributed by atoms with E-state index in [0.717, 1.165) is 6.07 Å². The number of carbonyl (C=O) groups is 1. The molecule has 0 bridgehead atoms. The lowest BCUT2D eigenvalue weighted by molar-refractivity contribution is 0.0947. The summed E-state index contributed by atoms with van der Waals surface area (Å²) in [5.41, 5.74) is 0.204. The lowest BCUT2D eigenvalue weighted by Gasteiger charge is -2.13. The van der Waals surface area contributed by atoms with Gasteiger partial charge >= 0.3 is 0 Å². The van der Waals surface area contributed by atoms with Crippen LogP contribution in [0.1, 0.15) is 17.3 Å². The van der Waals surface area contributed by atoms with E-state index in [1.54, 1.807) is 7.05 Å². The van der Waals surface area contributed by atoms with Crippen molar-refractivity contribution in [3.63, 3.8) is 0 Å². The molecular weight excluding hydrogens is 259 g/mol. The van der Waals surface area contributed by atoms with Crippen LogP contribution in [0.2, 0.25) is 0 Å². The van der Waals surface area contributed by atoms with E-state index in [2.05, 4.69) is 10.6 Å². The van der Waals surface area contributed by atoms with Gasteiger partial charge in [0.05, 0.1) is 12.7 Å². The van der Waals surface area contributed by atoms with Crippen molar-refractivity contribution in [2.45, 2.75) is 13.0 Å². The van der Waals surface area contributed by atoms with E-state index < -0.39 is 5.82 Å². The van der Waals surface area contributed by atoms with Crippen LogP contribution in [-0.2, 0) is 0 Å². The van der Waals surface area contributed by atoms with Crippen LogP contribution in [0.3, 0.4) is 0 Å². The molecule has 1 rings (SSSR count). The third kappa shape index (κ3) is 4.50. The van der Waals surface area contributed by atoms with Crippen LogP contribution in [0, 0.1) is 5.82 Å². The largest absolute Gasteiger partial charge is 0.496 e. The average molecular weight is 277 g/mol. The molecule has 6 heteroatoms. The summed E-state index contributed by atoms with van der Waals surface area (Å²) in [4.78, 5) is 11.8. The lowest BCUT2D eigenvalue weighted by Crippen LogP contribution is -2.37. The van der Waals surface area contributed by atoms with E-state index in [-0.39, 0.29) is 29.9 Å². The Hall–Kier alpha value is -1.33. The van der Waals surface area contributed by atoms with Crippen LogP contribution in [0.25, 0.3) is 0 Å². The van der Waals surface area contributed by atoms with E-state index in [1.165, 1.54) is 19.2 Å². The summed E-state index contributed by atoms with van der Waals surface area (Å²) in [6, 6.07) is 4.01. The van der Waals surface area contributed by atoms with Crippen molar-refractivity contribution in [2.75, 3.05) is 20.7 Å². The molecule has 1 amide bonds. The van der Waals surface area contributed by atoms with Gasteiger partial charge in [0.15, 0.2) is 0 Å². The van der Waals surface area contributed by atoms with Crippen molar-refractivity contribution >= 4 is 18.3 Å². The van der Waals surface area contributed by atoms with Gasteiger partial charge in [-0.1, -0.05) is 0 Å². The number of methoxy groups -OCH3 is 1. The Morgan fingerprint density at radius 2 is 2.17 bits per heavy atom. The number of amides is 1. The fourth-order valence-electron chi connectivity index (χ4n) is 1.30. The van der Waals surface area contributed by atoms with Gasteiger partial charge in [0, 0.05) is 12.6 Å². The number of carbonyl (C=O) groups excluding carboxylic acids is 1. The van der Waals surface area contributed by atoms with Crippen molar-refractivity contribution in [3.8, 4) is 5.75 Å². The van der Waals surface area contributed by atoms with Gasteiger partial charge in [0.1, 0.15) is 11.6 Å². The van der Waals surface area contributed by atoms with Gasteiger partial charge < -0.3 is 15.4 Å². The maximum absolute atomic E-state index is 13.1. The number of halogens is 2. The molecule has 0 spiro atoms. The minimum absolute atomic E-state index is 0. The Kier molecular flexibility index (Phi) is 7.31. The first-order valence-electron chi connectivity index (χ1n) is 5.37. The predicted molar refractivity (Wildman–Crippen MR) is 71.1 cm³/mol. The van der Waals surface area contributed by atoms with Crippen LogP contribution in [0.15, 0.2) is 18.2 Å². The molecule has 1 aromatic carbocycles. The molecule has 0 aliphatic heterocycles. The summed E-state index contributed by atoms with van der Waals surface area (Å²) < 4.78 is 18.1. The normalized spacial score (nSPS) is 11.3.